The van der Waals surface area contributed by atoms with Gasteiger partial charge in [0.25, 0.3) is 0 Å². The fraction of sp³-hybridized carbons (Fsp3) is 0.462. The average Bonchev–Trinajstić information content (AvgIpc) is 2.32. The van der Waals surface area contributed by atoms with Crippen LogP contribution < -0.4 is 5.32 Å². The molecule has 0 aliphatic heterocycles. The highest BCUT2D eigenvalue weighted by molar-refractivity contribution is 7.99. The van der Waals surface area contributed by atoms with Crippen LogP contribution in [0, 0.1) is 11.3 Å². The van der Waals surface area contributed by atoms with E-state index in [-0.39, 0.29) is 0 Å². The van der Waals surface area contributed by atoms with Crippen molar-refractivity contribution in [3.8, 4) is 6.07 Å². The predicted octanol–water partition coefficient (Wildman–Crippen LogP) is 3.71. The zero-order valence-electron chi connectivity index (χ0n) is 10.2. The molecule has 0 aliphatic rings. The van der Waals surface area contributed by atoms with Gasteiger partial charge in [0.1, 0.15) is 5.54 Å². The number of thioether (sulfide) groups is 1. The van der Waals surface area contributed by atoms with Crippen LogP contribution in [0.2, 0.25) is 5.02 Å². The normalized spacial score (nSPS) is 14.0. The highest BCUT2D eigenvalue weighted by Gasteiger charge is 2.21. The highest BCUT2D eigenvalue weighted by Crippen LogP contribution is 2.23. The first-order valence-corrected chi connectivity index (χ1v) is 7.00. The number of benzene rings is 1. The molecule has 0 aromatic heterocycles. The number of hydrogen-bond acceptors (Lipinski definition) is 3. The van der Waals surface area contributed by atoms with Gasteiger partial charge < -0.3 is 0 Å². The maximum absolute atomic E-state index is 9.11. The molecule has 0 radical (unpaired) electrons. The van der Waals surface area contributed by atoms with Gasteiger partial charge in [-0.25, -0.2) is 0 Å². The Labute approximate surface area is 112 Å². The average molecular weight is 269 g/mol. The summed E-state index contributed by atoms with van der Waals surface area (Å²) in [6.07, 6.45) is 0.824. The third-order valence-electron chi connectivity index (χ3n) is 2.50. The van der Waals surface area contributed by atoms with Crippen LogP contribution in [0.5, 0.6) is 0 Å². The van der Waals surface area contributed by atoms with Crippen LogP contribution in [0.4, 0.5) is 0 Å². The van der Waals surface area contributed by atoms with Gasteiger partial charge in [-0.05, 0) is 44.2 Å². The minimum absolute atomic E-state index is 0.422. The fourth-order valence-corrected chi connectivity index (χ4v) is 2.68. The van der Waals surface area contributed by atoms with E-state index in [4.69, 9.17) is 16.9 Å². The molecule has 1 N–H and O–H groups in total. The molecule has 17 heavy (non-hydrogen) atoms. The SMILES string of the molecule is CCNC(C)(C#N)CCSc1ccc(Cl)cc1. The van der Waals surface area contributed by atoms with Gasteiger partial charge in [-0.15, -0.1) is 11.8 Å². The Balaban J connectivity index is 2.42. The molecule has 0 fully saturated rings. The third-order valence-corrected chi connectivity index (χ3v) is 3.76. The van der Waals surface area contributed by atoms with E-state index in [0.29, 0.717) is 0 Å². The molecule has 0 spiro atoms. The number of nitrogens with one attached hydrogen (secondary N) is 1. The molecular formula is C13H17ClN2S. The van der Waals surface area contributed by atoms with Crippen molar-refractivity contribution < 1.29 is 0 Å². The molecular weight excluding hydrogens is 252 g/mol. The second-order valence-corrected chi connectivity index (χ2v) is 5.63. The fourth-order valence-electron chi connectivity index (χ4n) is 1.48. The molecule has 1 unspecified atom stereocenters. The summed E-state index contributed by atoms with van der Waals surface area (Å²) >= 11 is 7.57. The number of nitrogens with zero attached hydrogens (tertiary/aromatic N) is 1. The van der Waals surface area contributed by atoms with Crippen molar-refractivity contribution >= 4 is 23.4 Å². The Morgan fingerprint density at radius 1 is 1.41 bits per heavy atom. The summed E-state index contributed by atoms with van der Waals surface area (Å²) in [4.78, 5) is 1.19. The van der Waals surface area contributed by atoms with E-state index in [1.54, 1.807) is 11.8 Å². The molecule has 0 bridgehead atoms. The molecule has 0 heterocycles. The van der Waals surface area contributed by atoms with Crippen LogP contribution in [-0.2, 0) is 0 Å². The summed E-state index contributed by atoms with van der Waals surface area (Å²) in [5.74, 6) is 0.915. The molecule has 0 aliphatic carbocycles. The Morgan fingerprint density at radius 3 is 2.59 bits per heavy atom. The lowest BCUT2D eigenvalue weighted by molar-refractivity contribution is 0.450. The van der Waals surface area contributed by atoms with E-state index in [1.165, 1.54) is 4.90 Å². The van der Waals surface area contributed by atoms with Gasteiger partial charge in [0.05, 0.1) is 6.07 Å². The molecule has 92 valence electrons. The van der Waals surface area contributed by atoms with Crippen molar-refractivity contribution in [2.45, 2.75) is 30.7 Å². The van der Waals surface area contributed by atoms with Gasteiger partial charge in [-0.3, -0.25) is 5.32 Å². The van der Waals surface area contributed by atoms with Gasteiger partial charge >= 0.3 is 0 Å². The van der Waals surface area contributed by atoms with E-state index in [2.05, 4.69) is 11.4 Å². The van der Waals surface area contributed by atoms with E-state index in [0.717, 1.165) is 23.7 Å². The van der Waals surface area contributed by atoms with Crippen molar-refractivity contribution in [2.75, 3.05) is 12.3 Å². The standard InChI is InChI=1S/C13H17ClN2S/c1-3-16-13(2,10-15)8-9-17-12-6-4-11(14)5-7-12/h4-7,16H,3,8-9H2,1-2H3. The number of halogens is 1. The number of rotatable bonds is 6. The minimum atomic E-state index is -0.422. The lowest BCUT2D eigenvalue weighted by Gasteiger charge is -2.21. The van der Waals surface area contributed by atoms with Crippen LogP contribution in [-0.4, -0.2) is 17.8 Å². The molecule has 0 amide bonds. The molecule has 1 rings (SSSR count). The van der Waals surface area contributed by atoms with Crippen LogP contribution in [0.15, 0.2) is 29.2 Å². The summed E-state index contributed by atoms with van der Waals surface area (Å²) in [5.41, 5.74) is -0.422. The summed E-state index contributed by atoms with van der Waals surface area (Å²) in [7, 11) is 0. The summed E-state index contributed by atoms with van der Waals surface area (Å²) in [6, 6.07) is 10.1. The third kappa shape index (κ3) is 4.99. The zero-order chi connectivity index (χ0) is 12.7. The topological polar surface area (TPSA) is 35.8 Å². The Hall–Kier alpha value is -0.690. The maximum Gasteiger partial charge on any atom is 0.104 e. The quantitative estimate of drug-likeness (QED) is 0.799. The second kappa shape index (κ2) is 6.90. The van der Waals surface area contributed by atoms with Gasteiger partial charge in [0.15, 0.2) is 0 Å². The van der Waals surface area contributed by atoms with E-state index in [9.17, 15) is 0 Å². The van der Waals surface area contributed by atoms with Gasteiger partial charge in [-0.2, -0.15) is 5.26 Å². The van der Waals surface area contributed by atoms with E-state index in [1.807, 2.05) is 38.1 Å². The lowest BCUT2D eigenvalue weighted by Crippen LogP contribution is -2.41. The monoisotopic (exact) mass is 268 g/mol. The van der Waals surface area contributed by atoms with Gasteiger partial charge in [0, 0.05) is 15.7 Å². The molecule has 0 saturated carbocycles. The molecule has 1 atom stereocenters. The number of nitriles is 1. The summed E-state index contributed by atoms with van der Waals surface area (Å²) in [5, 5.41) is 13.1. The first-order valence-electron chi connectivity index (χ1n) is 5.64. The van der Waals surface area contributed by atoms with Crippen molar-refractivity contribution in [1.82, 2.24) is 5.32 Å². The van der Waals surface area contributed by atoms with Crippen molar-refractivity contribution in [3.05, 3.63) is 29.3 Å². The van der Waals surface area contributed by atoms with Crippen molar-refractivity contribution in [1.29, 1.82) is 5.26 Å². The smallest absolute Gasteiger partial charge is 0.104 e. The minimum Gasteiger partial charge on any atom is -0.300 e. The van der Waals surface area contributed by atoms with Crippen LogP contribution in [0.25, 0.3) is 0 Å². The van der Waals surface area contributed by atoms with Gasteiger partial charge in [-0.1, -0.05) is 18.5 Å². The highest BCUT2D eigenvalue weighted by atomic mass is 35.5. The van der Waals surface area contributed by atoms with Crippen molar-refractivity contribution in [3.63, 3.8) is 0 Å². The summed E-state index contributed by atoms with van der Waals surface area (Å²) in [6.45, 7) is 4.77. The predicted molar refractivity (Wildman–Crippen MR) is 74.5 cm³/mol. The van der Waals surface area contributed by atoms with Gasteiger partial charge in [0.2, 0.25) is 0 Å². The molecule has 4 heteroatoms. The summed E-state index contributed by atoms with van der Waals surface area (Å²) < 4.78 is 0. The number of hydrogen-bond donors (Lipinski definition) is 1. The van der Waals surface area contributed by atoms with Crippen molar-refractivity contribution in [2.24, 2.45) is 0 Å². The lowest BCUT2D eigenvalue weighted by atomic mass is 10.0. The second-order valence-electron chi connectivity index (χ2n) is 4.03. The molecule has 2 nitrogen and oxygen atoms in total. The van der Waals surface area contributed by atoms with E-state index >= 15 is 0 Å². The molecule has 1 aromatic rings. The first kappa shape index (κ1) is 14.4. The Bertz CT molecular complexity index is 385. The van der Waals surface area contributed by atoms with Crippen LogP contribution in [0.3, 0.4) is 0 Å². The zero-order valence-corrected chi connectivity index (χ0v) is 11.7. The maximum atomic E-state index is 9.11. The van der Waals surface area contributed by atoms with E-state index < -0.39 is 5.54 Å². The Kier molecular flexibility index (Phi) is 5.84. The largest absolute Gasteiger partial charge is 0.300 e. The molecule has 0 saturated heterocycles. The molecule has 1 aromatic carbocycles. The van der Waals surface area contributed by atoms with Crippen LogP contribution in [0.1, 0.15) is 20.3 Å². The van der Waals surface area contributed by atoms with Crippen LogP contribution >= 0.6 is 23.4 Å². The Morgan fingerprint density at radius 2 is 2.06 bits per heavy atom. The first-order chi connectivity index (χ1) is 8.09.